The highest BCUT2D eigenvalue weighted by molar-refractivity contribution is 6.17. The third-order valence-electron chi connectivity index (χ3n) is 12.6. The van der Waals surface area contributed by atoms with Gasteiger partial charge in [0, 0.05) is 34.2 Å². The van der Waals surface area contributed by atoms with Crippen LogP contribution in [0.3, 0.4) is 0 Å². The van der Waals surface area contributed by atoms with Crippen molar-refractivity contribution in [2.45, 2.75) is 0 Å². The number of benzene rings is 11. The molecule has 306 valence electrons. The summed E-state index contributed by atoms with van der Waals surface area (Å²) in [4.78, 5) is 4.72. The van der Waals surface area contributed by atoms with Crippen molar-refractivity contribution in [3.05, 3.63) is 255 Å². The Balaban J connectivity index is 1.04. The van der Waals surface area contributed by atoms with Gasteiger partial charge in [-0.3, -0.25) is 0 Å². The third-order valence-corrected chi connectivity index (χ3v) is 12.6. The summed E-state index contributed by atoms with van der Waals surface area (Å²) in [6.07, 6.45) is 0. The van der Waals surface area contributed by atoms with Crippen LogP contribution in [0.1, 0.15) is 0 Å². The lowest BCUT2D eigenvalue weighted by atomic mass is 9.96. The molecule has 0 spiro atoms. The van der Waals surface area contributed by atoms with Crippen LogP contribution < -0.4 is 9.80 Å². The first-order valence-corrected chi connectivity index (χ1v) is 22.2. The number of furan rings is 1. The number of nitrogens with zero attached hydrogens (tertiary/aromatic N) is 2. The number of hydrogen-bond acceptors (Lipinski definition) is 3. The summed E-state index contributed by atoms with van der Waals surface area (Å²) in [5, 5.41) is 6.95. The predicted octanol–water partition coefficient (Wildman–Crippen LogP) is 17.8. The average molecular weight is 831 g/mol. The fourth-order valence-corrected chi connectivity index (χ4v) is 9.47. The Hall–Kier alpha value is -8.66. The largest absolute Gasteiger partial charge is 0.456 e. The maximum absolute atomic E-state index is 6.97. The highest BCUT2D eigenvalue weighted by Crippen LogP contribution is 2.48. The molecule has 0 aliphatic carbocycles. The molecule has 1 aromatic heterocycles. The molecule has 0 unspecified atom stereocenters. The van der Waals surface area contributed by atoms with Gasteiger partial charge in [-0.15, -0.1) is 0 Å². The summed E-state index contributed by atoms with van der Waals surface area (Å²) in [5.74, 6) is 0. The van der Waals surface area contributed by atoms with Gasteiger partial charge < -0.3 is 14.2 Å². The molecule has 0 saturated carbocycles. The van der Waals surface area contributed by atoms with E-state index in [1.807, 2.05) is 0 Å². The summed E-state index contributed by atoms with van der Waals surface area (Å²) in [6.45, 7) is 0. The molecule has 0 bridgehead atoms. The molecule has 1 heterocycles. The lowest BCUT2D eigenvalue weighted by molar-refractivity contribution is 0.669. The highest BCUT2D eigenvalue weighted by atomic mass is 16.3. The van der Waals surface area contributed by atoms with Crippen molar-refractivity contribution in [3.8, 4) is 33.4 Å². The quantitative estimate of drug-likeness (QED) is 0.144. The molecule has 12 aromatic rings. The fraction of sp³-hybridized carbons (Fsp3) is 0. The number of fused-ring (bicyclic) bond motifs is 5. The smallest absolute Gasteiger partial charge is 0.139 e. The fourth-order valence-electron chi connectivity index (χ4n) is 9.47. The Morgan fingerprint density at radius 1 is 0.262 bits per heavy atom. The summed E-state index contributed by atoms with van der Waals surface area (Å²) in [6, 6.07) is 91.3. The first-order chi connectivity index (χ1) is 32.2. The van der Waals surface area contributed by atoms with Crippen LogP contribution in [0.25, 0.3) is 76.9 Å². The molecule has 0 atom stereocenters. The molecule has 12 rings (SSSR count). The lowest BCUT2D eigenvalue weighted by Crippen LogP contribution is -2.13. The van der Waals surface area contributed by atoms with Crippen molar-refractivity contribution in [2.24, 2.45) is 0 Å². The van der Waals surface area contributed by atoms with Gasteiger partial charge in [-0.2, -0.15) is 0 Å². The zero-order valence-electron chi connectivity index (χ0n) is 35.6. The van der Waals surface area contributed by atoms with Crippen molar-refractivity contribution in [3.63, 3.8) is 0 Å². The molecule has 0 N–H and O–H groups in total. The van der Waals surface area contributed by atoms with E-state index >= 15 is 0 Å². The number of anilines is 6. The molecule has 65 heavy (non-hydrogen) atoms. The molecular formula is C62H42N2O. The molecule has 3 nitrogen and oxygen atoms in total. The summed E-state index contributed by atoms with van der Waals surface area (Å²) in [5.41, 5.74) is 14.9. The van der Waals surface area contributed by atoms with Crippen LogP contribution >= 0.6 is 0 Å². The van der Waals surface area contributed by atoms with Crippen molar-refractivity contribution < 1.29 is 4.42 Å². The maximum atomic E-state index is 6.97. The summed E-state index contributed by atoms with van der Waals surface area (Å²) >= 11 is 0. The molecule has 0 amide bonds. The lowest BCUT2D eigenvalue weighted by Gasteiger charge is -2.30. The van der Waals surface area contributed by atoms with Gasteiger partial charge >= 0.3 is 0 Å². The Kier molecular flexibility index (Phi) is 9.50. The molecule has 0 radical (unpaired) electrons. The Morgan fingerprint density at radius 2 is 0.769 bits per heavy atom. The SMILES string of the molecule is c1ccc(-c2cccc(N(c3ccccc3)c3cc(N(c4ccccc4)c4ccc(-c5ccc(-c6cccc7ccccc67)cc5)cc4)c4c(c3)oc3cc5ccccc5cc34)c2)cc1. The monoisotopic (exact) mass is 830 g/mol. The van der Waals surface area contributed by atoms with Gasteiger partial charge in [-0.05, 0) is 122 Å². The topological polar surface area (TPSA) is 19.6 Å². The molecule has 0 aliphatic heterocycles. The van der Waals surface area contributed by atoms with Gasteiger partial charge in [-0.25, -0.2) is 0 Å². The Labute approximate surface area is 378 Å². The predicted molar refractivity (Wildman–Crippen MR) is 274 cm³/mol. The van der Waals surface area contributed by atoms with E-state index in [2.05, 4.69) is 265 Å². The molecule has 0 fully saturated rings. The highest BCUT2D eigenvalue weighted by Gasteiger charge is 2.24. The summed E-state index contributed by atoms with van der Waals surface area (Å²) < 4.78 is 6.97. The van der Waals surface area contributed by atoms with E-state index in [0.717, 1.165) is 72.6 Å². The zero-order valence-corrected chi connectivity index (χ0v) is 35.6. The van der Waals surface area contributed by atoms with Crippen LogP contribution in [-0.2, 0) is 0 Å². The van der Waals surface area contributed by atoms with Crippen LogP contribution in [0, 0.1) is 0 Å². The molecule has 11 aromatic carbocycles. The van der Waals surface area contributed by atoms with Gasteiger partial charge in [0.1, 0.15) is 11.2 Å². The van der Waals surface area contributed by atoms with E-state index < -0.39 is 0 Å². The zero-order chi connectivity index (χ0) is 43.1. The van der Waals surface area contributed by atoms with Crippen molar-refractivity contribution >= 4 is 77.6 Å². The Bertz CT molecular complexity index is 3630. The van der Waals surface area contributed by atoms with Gasteiger partial charge in [0.05, 0.1) is 16.8 Å². The third kappa shape index (κ3) is 7.06. The normalized spacial score (nSPS) is 11.4. The van der Waals surface area contributed by atoms with Crippen LogP contribution in [0.5, 0.6) is 0 Å². The van der Waals surface area contributed by atoms with E-state index in [4.69, 9.17) is 4.42 Å². The van der Waals surface area contributed by atoms with E-state index in [-0.39, 0.29) is 0 Å². The number of para-hydroxylation sites is 2. The van der Waals surface area contributed by atoms with Gasteiger partial charge in [0.25, 0.3) is 0 Å². The number of rotatable bonds is 9. The van der Waals surface area contributed by atoms with Crippen LogP contribution in [-0.4, -0.2) is 0 Å². The average Bonchev–Trinajstić information content (AvgIpc) is 3.74. The minimum Gasteiger partial charge on any atom is -0.456 e. The number of hydrogen-bond donors (Lipinski definition) is 0. The van der Waals surface area contributed by atoms with E-state index in [9.17, 15) is 0 Å². The van der Waals surface area contributed by atoms with Gasteiger partial charge in [0.2, 0.25) is 0 Å². The molecule has 0 aliphatic rings. The Morgan fingerprint density at radius 3 is 1.49 bits per heavy atom. The molecular weight excluding hydrogens is 789 g/mol. The van der Waals surface area contributed by atoms with Crippen LogP contribution in [0.2, 0.25) is 0 Å². The summed E-state index contributed by atoms with van der Waals surface area (Å²) in [7, 11) is 0. The minimum atomic E-state index is 0.812. The van der Waals surface area contributed by atoms with Gasteiger partial charge in [0.15, 0.2) is 0 Å². The van der Waals surface area contributed by atoms with Crippen LogP contribution in [0.4, 0.5) is 34.1 Å². The first kappa shape index (κ1) is 38.0. The second-order valence-corrected chi connectivity index (χ2v) is 16.5. The standard InChI is InChI=1S/C62H42N2O/c1-4-16-43(17-5-1)48-22-14-27-54(38-48)63(51-23-6-2-7-24-51)55-41-59(62-58-39-49-19-10-11-20-50(49)40-60(58)65-61(62)42-55)64(52-25-8-3-9-26-52)53-36-34-45(35-37-53)44-30-32-47(33-31-44)57-29-15-21-46-18-12-13-28-56(46)57/h1-42H. The van der Waals surface area contributed by atoms with E-state index in [0.29, 0.717) is 0 Å². The first-order valence-electron chi connectivity index (χ1n) is 22.2. The second-order valence-electron chi connectivity index (χ2n) is 16.5. The molecule has 0 saturated heterocycles. The second kappa shape index (κ2) is 16.2. The van der Waals surface area contributed by atoms with Gasteiger partial charge in [-0.1, -0.05) is 182 Å². The van der Waals surface area contributed by atoms with Crippen molar-refractivity contribution in [1.29, 1.82) is 0 Å². The minimum absolute atomic E-state index is 0.812. The van der Waals surface area contributed by atoms with Crippen LogP contribution in [0.15, 0.2) is 259 Å². The maximum Gasteiger partial charge on any atom is 0.139 e. The molecule has 3 heteroatoms. The van der Waals surface area contributed by atoms with Crippen molar-refractivity contribution in [2.75, 3.05) is 9.80 Å². The van der Waals surface area contributed by atoms with E-state index in [1.165, 1.54) is 38.4 Å². The van der Waals surface area contributed by atoms with Crippen molar-refractivity contribution in [1.82, 2.24) is 0 Å². The van der Waals surface area contributed by atoms with E-state index in [1.54, 1.807) is 0 Å².